The fourth-order valence-electron chi connectivity index (χ4n) is 2.05. The molecule has 1 atom stereocenters. The molecular weight excluding hydrogens is 333 g/mol. The van der Waals surface area contributed by atoms with Crippen molar-refractivity contribution < 1.29 is 18.3 Å². The van der Waals surface area contributed by atoms with Crippen LogP contribution >= 0.6 is 22.7 Å². The zero-order valence-corrected chi connectivity index (χ0v) is 13.0. The standard InChI is InChI=1S/C14H11F3N2OS2/c1-8-7-21-11(18-8)6-13(20,14(15,16)17)12-19-9-4-2-3-5-10(9)22-12/h2-5,7,20H,6H2,1H3. The molecule has 3 aromatic rings. The minimum Gasteiger partial charge on any atom is -0.374 e. The Bertz CT molecular complexity index is 779. The topological polar surface area (TPSA) is 46.0 Å². The van der Waals surface area contributed by atoms with Crippen molar-refractivity contribution in [3.05, 3.63) is 45.4 Å². The van der Waals surface area contributed by atoms with E-state index in [-0.39, 0.29) is 10.0 Å². The van der Waals surface area contributed by atoms with Crippen molar-refractivity contribution in [3.8, 4) is 0 Å². The molecule has 0 amide bonds. The third-order valence-corrected chi connectivity index (χ3v) is 5.34. The molecule has 0 aliphatic heterocycles. The molecular formula is C14H11F3N2OS2. The van der Waals surface area contributed by atoms with Gasteiger partial charge in [-0.25, -0.2) is 9.97 Å². The summed E-state index contributed by atoms with van der Waals surface area (Å²) in [5.74, 6) is 0. The largest absolute Gasteiger partial charge is 0.424 e. The number of halogens is 3. The van der Waals surface area contributed by atoms with Crippen LogP contribution in [0.25, 0.3) is 10.2 Å². The molecule has 1 unspecified atom stereocenters. The predicted molar refractivity (Wildman–Crippen MR) is 80.1 cm³/mol. The van der Waals surface area contributed by atoms with Gasteiger partial charge in [-0.05, 0) is 19.1 Å². The summed E-state index contributed by atoms with van der Waals surface area (Å²) in [6, 6.07) is 6.73. The Hall–Kier alpha value is -1.51. The molecule has 2 heterocycles. The summed E-state index contributed by atoms with van der Waals surface area (Å²) in [4.78, 5) is 8.00. The molecule has 3 rings (SSSR count). The van der Waals surface area contributed by atoms with E-state index in [0.29, 0.717) is 15.9 Å². The molecule has 0 saturated carbocycles. The van der Waals surface area contributed by atoms with Crippen molar-refractivity contribution in [2.24, 2.45) is 0 Å². The van der Waals surface area contributed by atoms with Crippen molar-refractivity contribution in [2.45, 2.75) is 25.1 Å². The lowest BCUT2D eigenvalue weighted by molar-refractivity contribution is -0.266. The van der Waals surface area contributed by atoms with Crippen LogP contribution in [0.1, 0.15) is 15.7 Å². The Labute approximate surface area is 132 Å². The van der Waals surface area contributed by atoms with Crippen LogP contribution in [-0.4, -0.2) is 21.3 Å². The predicted octanol–water partition coefficient (Wildman–Crippen LogP) is 4.05. The second-order valence-electron chi connectivity index (χ2n) is 4.90. The van der Waals surface area contributed by atoms with Crippen molar-refractivity contribution in [2.75, 3.05) is 0 Å². The Morgan fingerprint density at radius 1 is 1.18 bits per heavy atom. The normalized spacial score (nSPS) is 15.1. The Kier molecular flexibility index (Phi) is 3.70. The molecule has 22 heavy (non-hydrogen) atoms. The van der Waals surface area contributed by atoms with E-state index in [1.165, 1.54) is 0 Å². The minimum atomic E-state index is -4.83. The lowest BCUT2D eigenvalue weighted by Gasteiger charge is -2.27. The van der Waals surface area contributed by atoms with Gasteiger partial charge in [0.05, 0.1) is 15.2 Å². The highest BCUT2D eigenvalue weighted by atomic mass is 32.1. The highest BCUT2D eigenvalue weighted by Gasteiger charge is 2.57. The fourth-order valence-corrected chi connectivity index (χ4v) is 3.97. The maximum atomic E-state index is 13.5. The molecule has 0 spiro atoms. The second kappa shape index (κ2) is 5.29. The molecule has 116 valence electrons. The summed E-state index contributed by atoms with van der Waals surface area (Å²) in [5.41, 5.74) is -1.95. The number of aromatic nitrogens is 2. The lowest BCUT2D eigenvalue weighted by Crippen LogP contribution is -2.44. The van der Waals surface area contributed by atoms with E-state index in [2.05, 4.69) is 9.97 Å². The monoisotopic (exact) mass is 344 g/mol. The molecule has 1 aromatic carbocycles. The molecule has 1 N–H and O–H groups in total. The average Bonchev–Trinajstić information content (AvgIpc) is 3.03. The van der Waals surface area contributed by atoms with Crippen LogP contribution in [0.4, 0.5) is 13.2 Å². The van der Waals surface area contributed by atoms with Crippen LogP contribution in [-0.2, 0) is 12.0 Å². The fraction of sp³-hybridized carbons (Fsp3) is 0.286. The van der Waals surface area contributed by atoms with Crippen molar-refractivity contribution >= 4 is 32.9 Å². The van der Waals surface area contributed by atoms with E-state index >= 15 is 0 Å². The molecule has 0 aliphatic rings. The van der Waals surface area contributed by atoms with Gasteiger partial charge in [0.15, 0.2) is 0 Å². The first-order chi connectivity index (χ1) is 10.3. The first-order valence-corrected chi connectivity index (χ1v) is 8.05. The van der Waals surface area contributed by atoms with Crippen LogP contribution in [0.15, 0.2) is 29.6 Å². The molecule has 0 fully saturated rings. The summed E-state index contributed by atoms with van der Waals surface area (Å²) in [7, 11) is 0. The van der Waals surface area contributed by atoms with Crippen molar-refractivity contribution in [1.29, 1.82) is 0 Å². The second-order valence-corrected chi connectivity index (χ2v) is 6.88. The number of para-hydroxylation sites is 1. The Morgan fingerprint density at radius 3 is 2.50 bits per heavy atom. The van der Waals surface area contributed by atoms with Crippen molar-refractivity contribution in [1.82, 2.24) is 9.97 Å². The van der Waals surface area contributed by atoms with Crippen molar-refractivity contribution in [3.63, 3.8) is 0 Å². The van der Waals surface area contributed by atoms with Gasteiger partial charge in [-0.1, -0.05) is 12.1 Å². The summed E-state index contributed by atoms with van der Waals surface area (Å²) in [6.45, 7) is 1.70. The van der Waals surface area contributed by atoms with Crippen LogP contribution < -0.4 is 0 Å². The van der Waals surface area contributed by atoms with E-state index in [9.17, 15) is 18.3 Å². The van der Waals surface area contributed by atoms with Crippen LogP contribution in [0.2, 0.25) is 0 Å². The quantitative estimate of drug-likeness (QED) is 0.779. The van der Waals surface area contributed by atoms with E-state index in [1.54, 1.807) is 36.6 Å². The maximum absolute atomic E-state index is 13.5. The third kappa shape index (κ3) is 2.62. The molecule has 0 bridgehead atoms. The van der Waals surface area contributed by atoms with Gasteiger partial charge in [0.25, 0.3) is 0 Å². The number of benzene rings is 1. The molecule has 0 radical (unpaired) electrons. The molecule has 2 aromatic heterocycles. The molecule has 8 heteroatoms. The van der Waals surface area contributed by atoms with Gasteiger partial charge in [0.2, 0.25) is 5.60 Å². The number of hydrogen-bond acceptors (Lipinski definition) is 5. The molecule has 3 nitrogen and oxygen atoms in total. The first kappa shape index (κ1) is 15.4. The third-order valence-electron chi connectivity index (χ3n) is 3.19. The number of alkyl halides is 3. The first-order valence-electron chi connectivity index (χ1n) is 6.36. The van der Waals surface area contributed by atoms with Gasteiger partial charge < -0.3 is 5.11 Å². The zero-order valence-electron chi connectivity index (χ0n) is 11.4. The Morgan fingerprint density at radius 2 is 1.91 bits per heavy atom. The number of fused-ring (bicyclic) bond motifs is 1. The highest BCUT2D eigenvalue weighted by Crippen LogP contribution is 2.44. The van der Waals surface area contributed by atoms with E-state index in [1.807, 2.05) is 0 Å². The summed E-state index contributed by atoms with van der Waals surface area (Å²) in [6.07, 6.45) is -5.46. The molecule has 0 aliphatic carbocycles. The number of aryl methyl sites for hydroxylation is 1. The number of thiazole rings is 2. The number of hydrogen-bond donors (Lipinski definition) is 1. The van der Waals surface area contributed by atoms with Gasteiger partial charge in [-0.3, -0.25) is 0 Å². The summed E-state index contributed by atoms with van der Waals surface area (Å²) < 4.78 is 41.1. The van der Waals surface area contributed by atoms with Gasteiger partial charge in [0, 0.05) is 17.5 Å². The Balaban J connectivity index is 2.09. The van der Waals surface area contributed by atoms with Gasteiger partial charge in [-0.2, -0.15) is 13.2 Å². The van der Waals surface area contributed by atoms with E-state index < -0.39 is 18.2 Å². The SMILES string of the molecule is Cc1csc(CC(O)(c2nc3ccccc3s2)C(F)(F)F)n1. The number of aliphatic hydroxyl groups is 1. The zero-order chi connectivity index (χ0) is 16.0. The van der Waals surface area contributed by atoms with Gasteiger partial charge in [0.1, 0.15) is 5.01 Å². The van der Waals surface area contributed by atoms with Crippen LogP contribution in [0.5, 0.6) is 0 Å². The summed E-state index contributed by atoms with van der Waals surface area (Å²) >= 11 is 1.95. The van der Waals surface area contributed by atoms with Crippen LogP contribution in [0, 0.1) is 6.92 Å². The molecule has 0 saturated heterocycles. The van der Waals surface area contributed by atoms with Gasteiger partial charge >= 0.3 is 6.18 Å². The minimum absolute atomic E-state index is 0.233. The number of rotatable bonds is 3. The highest BCUT2D eigenvalue weighted by molar-refractivity contribution is 7.18. The smallest absolute Gasteiger partial charge is 0.374 e. The summed E-state index contributed by atoms with van der Waals surface area (Å²) in [5, 5.41) is 11.9. The average molecular weight is 344 g/mol. The van der Waals surface area contributed by atoms with E-state index in [0.717, 1.165) is 22.7 Å². The lowest BCUT2D eigenvalue weighted by atomic mass is 10.0. The maximum Gasteiger partial charge on any atom is 0.424 e. The van der Waals surface area contributed by atoms with E-state index in [4.69, 9.17) is 0 Å². The van der Waals surface area contributed by atoms with Gasteiger partial charge in [-0.15, -0.1) is 22.7 Å². The van der Waals surface area contributed by atoms with Crippen LogP contribution in [0.3, 0.4) is 0 Å². The number of nitrogens with zero attached hydrogens (tertiary/aromatic N) is 2.